The molecule has 1 saturated heterocycles. The Labute approximate surface area is 260 Å². The zero-order valence-electron chi connectivity index (χ0n) is 24.8. The molecule has 0 unspecified atom stereocenters. The number of nitrogens with zero attached hydrogens (tertiary/aromatic N) is 6. The van der Waals surface area contributed by atoms with Gasteiger partial charge in [-0.3, -0.25) is 4.79 Å². The fourth-order valence-electron chi connectivity index (χ4n) is 5.75. The van der Waals surface area contributed by atoms with Crippen molar-refractivity contribution in [1.29, 1.82) is 0 Å². The Kier molecular flexibility index (Phi) is 7.88. The van der Waals surface area contributed by atoms with Gasteiger partial charge in [-0.05, 0) is 42.2 Å². The molecule has 11 heteroatoms. The maximum absolute atomic E-state index is 12.7. The van der Waals surface area contributed by atoms with Gasteiger partial charge in [-0.15, -0.1) is 0 Å². The maximum Gasteiger partial charge on any atom is 0.341 e. The molecule has 0 spiro atoms. The third-order valence-corrected chi connectivity index (χ3v) is 8.42. The van der Waals surface area contributed by atoms with E-state index in [1.165, 1.54) is 28.9 Å². The fourth-order valence-corrected chi connectivity index (χ4v) is 6.04. The Morgan fingerprint density at radius 2 is 1.66 bits per heavy atom. The van der Waals surface area contributed by atoms with Crippen LogP contribution in [0.3, 0.4) is 0 Å². The molecule has 2 aromatic heterocycles. The second-order valence-corrected chi connectivity index (χ2v) is 11.3. The molecule has 0 saturated carbocycles. The van der Waals surface area contributed by atoms with Gasteiger partial charge in [0, 0.05) is 81.5 Å². The van der Waals surface area contributed by atoms with Crippen LogP contribution in [-0.2, 0) is 6.54 Å². The van der Waals surface area contributed by atoms with Crippen molar-refractivity contribution in [2.45, 2.75) is 13.5 Å². The molecule has 3 heterocycles. The second kappa shape index (κ2) is 11.9. The number of hydrogen-bond donors (Lipinski definition) is 2. The molecule has 0 amide bonds. The lowest BCUT2D eigenvalue weighted by atomic mass is 9.95. The van der Waals surface area contributed by atoms with Crippen molar-refractivity contribution in [1.82, 2.24) is 19.4 Å². The van der Waals surface area contributed by atoms with E-state index in [9.17, 15) is 14.7 Å². The van der Waals surface area contributed by atoms with E-state index in [0.717, 1.165) is 16.8 Å². The lowest BCUT2D eigenvalue weighted by Crippen LogP contribution is -2.50. The van der Waals surface area contributed by atoms with E-state index in [0.29, 0.717) is 49.4 Å². The summed E-state index contributed by atoms with van der Waals surface area (Å²) in [6.07, 6.45) is 2.78. The third kappa shape index (κ3) is 5.30. The van der Waals surface area contributed by atoms with Crippen molar-refractivity contribution >= 4 is 62.4 Å². The lowest BCUT2D eigenvalue weighted by Gasteiger charge is -2.36. The minimum absolute atomic E-state index is 0.197. The number of carboxylic acids is 1. The number of nitrogens with one attached hydrogen (secondary N) is 1. The first kappa shape index (κ1) is 29.1. The van der Waals surface area contributed by atoms with Gasteiger partial charge in [0.2, 0.25) is 11.4 Å². The van der Waals surface area contributed by atoms with E-state index < -0.39 is 11.4 Å². The number of fused-ring (bicyclic) bond motifs is 2. The standard InChI is InChI=1S/C33H33N7O3S/c1-4-38-20-26(31(42)43)29(41)25-19-34-32(36-30(25)38)39-15-17-40(18-16-39)33(44)35-27-12-8-7-10-23(27)22-13-14-28(37(2)3)24-11-6-5-9-21(22)24/h5-14,19-20H,4,15-18H2,1-3H3,(H,35,44)(H,42,43). The summed E-state index contributed by atoms with van der Waals surface area (Å²) in [5, 5.41) is 16.1. The minimum atomic E-state index is -1.26. The Balaban J connectivity index is 1.20. The van der Waals surface area contributed by atoms with Crippen molar-refractivity contribution in [2.75, 3.05) is 55.4 Å². The first-order valence-electron chi connectivity index (χ1n) is 14.5. The number of aromatic carboxylic acids is 1. The van der Waals surface area contributed by atoms with Crippen molar-refractivity contribution in [3.05, 3.63) is 88.8 Å². The van der Waals surface area contributed by atoms with Crippen LogP contribution in [0.1, 0.15) is 17.3 Å². The van der Waals surface area contributed by atoms with Crippen LogP contribution in [0.2, 0.25) is 0 Å². The van der Waals surface area contributed by atoms with Gasteiger partial charge in [0.15, 0.2) is 5.11 Å². The first-order valence-corrected chi connectivity index (χ1v) is 14.9. The summed E-state index contributed by atoms with van der Waals surface area (Å²) in [5.74, 6) is -0.763. The van der Waals surface area contributed by atoms with Gasteiger partial charge in [-0.1, -0.05) is 48.5 Å². The quantitative estimate of drug-likeness (QED) is 0.259. The number of rotatable bonds is 6. The molecule has 3 aromatic carbocycles. The number of thiocarbonyl (C=S) groups is 1. The molecule has 0 atom stereocenters. The van der Waals surface area contributed by atoms with E-state index in [-0.39, 0.29) is 10.9 Å². The molecule has 0 radical (unpaired) electrons. The topological polar surface area (TPSA) is 107 Å². The summed E-state index contributed by atoms with van der Waals surface area (Å²) in [6.45, 7) is 4.94. The largest absolute Gasteiger partial charge is 0.477 e. The van der Waals surface area contributed by atoms with Gasteiger partial charge >= 0.3 is 5.97 Å². The summed E-state index contributed by atoms with van der Waals surface area (Å²) in [6, 6.07) is 21.0. The minimum Gasteiger partial charge on any atom is -0.477 e. The molecule has 0 aliphatic carbocycles. The molecule has 2 N–H and O–H groups in total. The van der Waals surface area contributed by atoms with Gasteiger partial charge in [0.1, 0.15) is 11.2 Å². The normalized spacial score (nSPS) is 13.3. The van der Waals surface area contributed by atoms with Crippen LogP contribution in [0.5, 0.6) is 0 Å². The molecule has 44 heavy (non-hydrogen) atoms. The average Bonchev–Trinajstić information content (AvgIpc) is 3.04. The Morgan fingerprint density at radius 1 is 0.955 bits per heavy atom. The van der Waals surface area contributed by atoms with Gasteiger partial charge < -0.3 is 29.7 Å². The average molecular weight is 608 g/mol. The summed E-state index contributed by atoms with van der Waals surface area (Å²) >= 11 is 5.89. The fraction of sp³-hybridized carbons (Fsp3) is 0.242. The van der Waals surface area contributed by atoms with Crippen LogP contribution in [0.4, 0.5) is 17.3 Å². The molecular weight excluding hydrogens is 574 g/mol. The van der Waals surface area contributed by atoms with E-state index in [4.69, 9.17) is 12.2 Å². The smallest absolute Gasteiger partial charge is 0.341 e. The summed E-state index contributed by atoms with van der Waals surface area (Å²) in [4.78, 5) is 39.7. The molecular formula is C33H33N7O3S. The number of aryl methyl sites for hydroxylation is 1. The van der Waals surface area contributed by atoms with Crippen LogP contribution in [0.25, 0.3) is 32.9 Å². The predicted octanol–water partition coefficient (Wildman–Crippen LogP) is 4.91. The third-order valence-electron chi connectivity index (χ3n) is 8.06. The molecule has 5 aromatic rings. The predicted molar refractivity (Wildman–Crippen MR) is 180 cm³/mol. The SMILES string of the molecule is CCn1cc(C(=O)O)c(=O)c2cnc(N3CCN(C(=S)Nc4ccccc4-c4ccc(N(C)C)c5ccccc45)CC3)nc21. The molecule has 1 aliphatic heterocycles. The maximum atomic E-state index is 12.7. The highest BCUT2D eigenvalue weighted by atomic mass is 32.1. The number of carbonyl (C=O) groups is 1. The van der Waals surface area contributed by atoms with E-state index in [1.807, 2.05) is 19.1 Å². The molecule has 10 nitrogen and oxygen atoms in total. The Hall–Kier alpha value is -5.03. The number of para-hydroxylation sites is 1. The number of hydrogen-bond acceptors (Lipinski definition) is 7. The number of anilines is 3. The van der Waals surface area contributed by atoms with E-state index in [1.54, 1.807) is 4.57 Å². The van der Waals surface area contributed by atoms with Crippen LogP contribution >= 0.6 is 12.2 Å². The highest BCUT2D eigenvalue weighted by Gasteiger charge is 2.23. The molecule has 6 rings (SSSR count). The van der Waals surface area contributed by atoms with Crippen LogP contribution in [0.15, 0.2) is 77.9 Å². The summed E-state index contributed by atoms with van der Waals surface area (Å²) in [5.41, 5.74) is 3.89. The van der Waals surface area contributed by atoms with Crippen molar-refractivity contribution in [3.8, 4) is 11.1 Å². The van der Waals surface area contributed by atoms with Gasteiger partial charge in [0.25, 0.3) is 0 Å². The van der Waals surface area contributed by atoms with Crippen molar-refractivity contribution in [3.63, 3.8) is 0 Å². The molecule has 1 aliphatic rings. The number of pyridine rings is 1. The second-order valence-electron chi connectivity index (χ2n) is 10.9. The van der Waals surface area contributed by atoms with Crippen LogP contribution in [-0.4, -0.2) is 75.9 Å². The zero-order chi connectivity index (χ0) is 31.0. The lowest BCUT2D eigenvalue weighted by molar-refractivity contribution is 0.0695. The highest BCUT2D eigenvalue weighted by Crippen LogP contribution is 2.37. The number of piperazine rings is 1. The molecule has 224 valence electrons. The monoisotopic (exact) mass is 607 g/mol. The summed E-state index contributed by atoms with van der Waals surface area (Å²) < 4.78 is 1.68. The number of carboxylic acid groups (broad SMARTS) is 1. The summed E-state index contributed by atoms with van der Waals surface area (Å²) in [7, 11) is 4.11. The van der Waals surface area contributed by atoms with E-state index in [2.05, 4.69) is 92.6 Å². The van der Waals surface area contributed by atoms with Crippen LogP contribution < -0.4 is 20.5 Å². The van der Waals surface area contributed by atoms with Crippen molar-refractivity contribution in [2.24, 2.45) is 0 Å². The van der Waals surface area contributed by atoms with E-state index >= 15 is 0 Å². The first-order chi connectivity index (χ1) is 21.3. The zero-order valence-corrected chi connectivity index (χ0v) is 25.6. The molecule has 1 fully saturated rings. The number of benzene rings is 3. The Morgan fingerprint density at radius 3 is 2.36 bits per heavy atom. The number of aromatic nitrogens is 3. The van der Waals surface area contributed by atoms with Crippen LogP contribution in [0, 0.1) is 0 Å². The van der Waals surface area contributed by atoms with Gasteiger partial charge in [-0.2, -0.15) is 4.98 Å². The molecule has 0 bridgehead atoms. The van der Waals surface area contributed by atoms with Crippen molar-refractivity contribution < 1.29 is 9.90 Å². The highest BCUT2D eigenvalue weighted by molar-refractivity contribution is 7.80. The van der Waals surface area contributed by atoms with Gasteiger partial charge in [0.05, 0.1) is 5.39 Å². The van der Waals surface area contributed by atoms with Gasteiger partial charge in [-0.25, -0.2) is 9.78 Å². The Bertz CT molecular complexity index is 1970.